The summed E-state index contributed by atoms with van der Waals surface area (Å²) in [5, 5.41) is 3.01. The van der Waals surface area contributed by atoms with Crippen LogP contribution in [-0.2, 0) is 21.3 Å². The Labute approximate surface area is 124 Å². The highest BCUT2D eigenvalue weighted by molar-refractivity contribution is 7.89. The number of rotatable bonds is 6. The molecule has 1 aromatic rings. The molecule has 1 saturated heterocycles. The molecular weight excluding hydrogens is 295 g/mol. The van der Waals surface area contributed by atoms with Crippen molar-refractivity contribution < 1.29 is 17.5 Å². The molecule has 0 aromatic heterocycles. The van der Waals surface area contributed by atoms with Crippen molar-refractivity contribution in [1.82, 2.24) is 10.0 Å². The summed E-state index contributed by atoms with van der Waals surface area (Å²) in [5.74, 6) is -0.362. The predicted molar refractivity (Wildman–Crippen MR) is 78.1 cm³/mol. The van der Waals surface area contributed by atoms with Gasteiger partial charge < -0.3 is 10.1 Å². The first-order valence-electron chi connectivity index (χ1n) is 7.04. The number of aryl methyl sites for hydroxylation is 1. The Balaban J connectivity index is 2.27. The fourth-order valence-electron chi connectivity index (χ4n) is 2.27. The van der Waals surface area contributed by atoms with Gasteiger partial charge in [-0.25, -0.2) is 17.5 Å². The van der Waals surface area contributed by atoms with Crippen LogP contribution >= 0.6 is 0 Å². The first-order chi connectivity index (χ1) is 9.94. The topological polar surface area (TPSA) is 67.4 Å². The van der Waals surface area contributed by atoms with Gasteiger partial charge in [-0.05, 0) is 37.6 Å². The third-order valence-corrected chi connectivity index (χ3v) is 4.93. The van der Waals surface area contributed by atoms with Crippen LogP contribution in [0.3, 0.4) is 0 Å². The summed E-state index contributed by atoms with van der Waals surface area (Å²) < 4.78 is 46.5. The maximum Gasteiger partial charge on any atom is 0.240 e. The average molecular weight is 316 g/mol. The van der Waals surface area contributed by atoms with Gasteiger partial charge in [-0.1, -0.05) is 6.92 Å². The van der Waals surface area contributed by atoms with Gasteiger partial charge in [0, 0.05) is 24.8 Å². The molecule has 1 aliphatic heterocycles. The molecule has 0 bridgehead atoms. The van der Waals surface area contributed by atoms with Gasteiger partial charge in [-0.15, -0.1) is 0 Å². The lowest BCUT2D eigenvalue weighted by Gasteiger charge is -2.14. The minimum absolute atomic E-state index is 0.0983. The summed E-state index contributed by atoms with van der Waals surface area (Å²) in [6.45, 7) is 5.41. The summed E-state index contributed by atoms with van der Waals surface area (Å²) in [7, 11) is -3.65. The molecule has 1 fully saturated rings. The molecule has 0 amide bonds. The molecule has 0 aliphatic carbocycles. The van der Waals surface area contributed by atoms with E-state index in [2.05, 4.69) is 10.0 Å². The van der Waals surface area contributed by atoms with Crippen molar-refractivity contribution in [3.8, 4) is 0 Å². The number of halogens is 1. The van der Waals surface area contributed by atoms with Crippen molar-refractivity contribution in [2.75, 3.05) is 19.8 Å². The molecule has 7 heteroatoms. The van der Waals surface area contributed by atoms with Crippen molar-refractivity contribution in [2.24, 2.45) is 0 Å². The fourth-order valence-corrected chi connectivity index (χ4v) is 3.66. The quantitative estimate of drug-likeness (QED) is 0.830. The summed E-state index contributed by atoms with van der Waals surface area (Å²) >= 11 is 0. The highest BCUT2D eigenvalue weighted by Crippen LogP contribution is 2.20. The molecule has 2 rings (SSSR count). The molecule has 1 unspecified atom stereocenters. The second kappa shape index (κ2) is 6.83. The van der Waals surface area contributed by atoms with E-state index in [1.807, 2.05) is 6.92 Å². The molecule has 0 radical (unpaired) electrons. The van der Waals surface area contributed by atoms with Gasteiger partial charge in [0.15, 0.2) is 0 Å². The minimum Gasteiger partial charge on any atom is -0.380 e. The van der Waals surface area contributed by atoms with E-state index in [4.69, 9.17) is 4.74 Å². The van der Waals surface area contributed by atoms with Crippen LogP contribution in [0.25, 0.3) is 0 Å². The maximum atomic E-state index is 14.0. The summed E-state index contributed by atoms with van der Waals surface area (Å²) in [4.78, 5) is 0.0983. The summed E-state index contributed by atoms with van der Waals surface area (Å²) in [5.41, 5.74) is 0.688. The number of benzene rings is 1. The van der Waals surface area contributed by atoms with E-state index in [9.17, 15) is 12.8 Å². The predicted octanol–water partition coefficient (Wildman–Crippen LogP) is 1.31. The van der Waals surface area contributed by atoms with E-state index < -0.39 is 10.0 Å². The standard InChI is InChI=1S/C14H21FN2O3S/c1-3-16-8-11-7-13(6-10(2)14(11)15)21(18,19)17-12-4-5-20-9-12/h6-7,12,16-17H,3-5,8-9H2,1-2H3. The van der Waals surface area contributed by atoms with Gasteiger partial charge in [0.05, 0.1) is 11.5 Å². The molecule has 118 valence electrons. The van der Waals surface area contributed by atoms with Crippen molar-refractivity contribution in [1.29, 1.82) is 0 Å². The van der Waals surface area contributed by atoms with Crippen molar-refractivity contribution in [3.05, 3.63) is 29.1 Å². The lowest BCUT2D eigenvalue weighted by atomic mass is 10.1. The van der Waals surface area contributed by atoms with Gasteiger partial charge in [0.1, 0.15) is 5.82 Å². The third kappa shape index (κ3) is 4.00. The molecule has 0 saturated carbocycles. The Morgan fingerprint density at radius 3 is 2.81 bits per heavy atom. The van der Waals surface area contributed by atoms with E-state index in [0.717, 1.165) is 0 Å². The molecule has 1 heterocycles. The molecule has 5 nitrogen and oxygen atoms in total. The van der Waals surface area contributed by atoms with Crippen LogP contribution in [0.1, 0.15) is 24.5 Å². The van der Waals surface area contributed by atoms with Crippen molar-refractivity contribution in [2.45, 2.75) is 37.8 Å². The first-order valence-corrected chi connectivity index (χ1v) is 8.52. The van der Waals surface area contributed by atoms with E-state index >= 15 is 0 Å². The number of ether oxygens (including phenoxy) is 1. The minimum atomic E-state index is -3.65. The number of hydrogen-bond donors (Lipinski definition) is 2. The van der Waals surface area contributed by atoms with Crippen molar-refractivity contribution in [3.63, 3.8) is 0 Å². The number of nitrogens with one attached hydrogen (secondary N) is 2. The van der Waals surface area contributed by atoms with Crippen LogP contribution in [0.2, 0.25) is 0 Å². The highest BCUT2D eigenvalue weighted by atomic mass is 32.2. The average Bonchev–Trinajstić information content (AvgIpc) is 2.92. The smallest absolute Gasteiger partial charge is 0.240 e. The Bertz CT molecular complexity index is 598. The monoisotopic (exact) mass is 316 g/mol. The van der Waals surface area contributed by atoms with Gasteiger partial charge in [0.25, 0.3) is 0 Å². The zero-order chi connectivity index (χ0) is 15.5. The van der Waals surface area contributed by atoms with Crippen LogP contribution in [0, 0.1) is 12.7 Å². The lowest BCUT2D eigenvalue weighted by molar-refractivity contribution is 0.192. The fraction of sp³-hybridized carbons (Fsp3) is 0.571. The zero-order valence-corrected chi connectivity index (χ0v) is 13.1. The van der Waals surface area contributed by atoms with Crippen LogP contribution in [0.15, 0.2) is 17.0 Å². The van der Waals surface area contributed by atoms with Gasteiger partial charge in [0.2, 0.25) is 10.0 Å². The van der Waals surface area contributed by atoms with Crippen molar-refractivity contribution >= 4 is 10.0 Å². The normalized spacial score (nSPS) is 19.1. The molecular formula is C14H21FN2O3S. The van der Waals surface area contributed by atoms with Crippen LogP contribution in [-0.4, -0.2) is 34.2 Å². The molecule has 1 aliphatic rings. The second-order valence-electron chi connectivity index (χ2n) is 5.18. The van der Waals surface area contributed by atoms with Crippen LogP contribution in [0.5, 0.6) is 0 Å². The van der Waals surface area contributed by atoms with Gasteiger partial charge >= 0.3 is 0 Å². The third-order valence-electron chi connectivity index (χ3n) is 3.43. The zero-order valence-electron chi connectivity index (χ0n) is 12.3. The van der Waals surface area contributed by atoms with Gasteiger partial charge in [-0.2, -0.15) is 0 Å². The Hall–Kier alpha value is -1.02. The molecule has 21 heavy (non-hydrogen) atoms. The van der Waals surface area contributed by atoms with Crippen LogP contribution in [0.4, 0.5) is 4.39 Å². The number of hydrogen-bond acceptors (Lipinski definition) is 4. The molecule has 1 aromatic carbocycles. The second-order valence-corrected chi connectivity index (χ2v) is 6.89. The Morgan fingerprint density at radius 2 is 2.19 bits per heavy atom. The van der Waals surface area contributed by atoms with Crippen LogP contribution < -0.4 is 10.0 Å². The maximum absolute atomic E-state index is 14.0. The molecule has 1 atom stereocenters. The first kappa shape index (κ1) is 16.4. The number of sulfonamides is 1. The lowest BCUT2D eigenvalue weighted by Crippen LogP contribution is -2.35. The van der Waals surface area contributed by atoms with E-state index in [1.54, 1.807) is 6.92 Å². The largest absolute Gasteiger partial charge is 0.380 e. The molecule has 0 spiro atoms. The summed E-state index contributed by atoms with van der Waals surface area (Å²) in [6, 6.07) is 2.55. The van der Waals surface area contributed by atoms with Gasteiger partial charge in [-0.3, -0.25) is 0 Å². The Morgan fingerprint density at radius 1 is 1.43 bits per heavy atom. The highest BCUT2D eigenvalue weighted by Gasteiger charge is 2.24. The van der Waals surface area contributed by atoms with E-state index in [-0.39, 0.29) is 16.8 Å². The summed E-state index contributed by atoms with van der Waals surface area (Å²) in [6.07, 6.45) is 0.656. The Kier molecular flexibility index (Phi) is 5.32. The van der Waals surface area contributed by atoms with E-state index in [0.29, 0.717) is 43.9 Å². The molecule has 2 N–H and O–H groups in total. The SMILES string of the molecule is CCNCc1cc(S(=O)(=O)NC2CCOC2)cc(C)c1F. The van der Waals surface area contributed by atoms with E-state index in [1.165, 1.54) is 12.1 Å².